The van der Waals surface area contributed by atoms with Gasteiger partial charge in [0.05, 0.1) is 7.11 Å². The number of aliphatic hydroxyl groups is 1. The average Bonchev–Trinajstić information content (AvgIpc) is 2.26. The van der Waals surface area contributed by atoms with Crippen molar-refractivity contribution in [2.75, 3.05) is 7.11 Å². The summed E-state index contributed by atoms with van der Waals surface area (Å²) >= 11 is 5.70. The number of carbonyl (C=O) groups is 1. The standard InChI is InChI=1S/C11H11ClO3/c1-15-11(14)10(13)7-4-8-2-5-9(12)6-3-8/h2-7,10,13H,1H3/t10-/m0/s1. The fourth-order valence-corrected chi connectivity index (χ4v) is 1.10. The van der Waals surface area contributed by atoms with Crippen molar-refractivity contribution in [2.45, 2.75) is 6.10 Å². The molecule has 0 fully saturated rings. The van der Waals surface area contributed by atoms with Crippen molar-refractivity contribution in [2.24, 2.45) is 0 Å². The van der Waals surface area contributed by atoms with E-state index in [2.05, 4.69) is 4.74 Å². The van der Waals surface area contributed by atoms with Crippen molar-refractivity contribution >= 4 is 23.6 Å². The minimum Gasteiger partial charge on any atom is -0.467 e. The van der Waals surface area contributed by atoms with Crippen LogP contribution in [0.5, 0.6) is 0 Å². The molecule has 0 heterocycles. The summed E-state index contributed by atoms with van der Waals surface area (Å²) in [6.07, 6.45) is 1.75. The monoisotopic (exact) mass is 226 g/mol. The molecule has 1 atom stereocenters. The Morgan fingerprint density at radius 1 is 1.47 bits per heavy atom. The van der Waals surface area contributed by atoms with Crippen molar-refractivity contribution in [3.63, 3.8) is 0 Å². The number of benzene rings is 1. The molecule has 0 saturated carbocycles. The highest BCUT2D eigenvalue weighted by molar-refractivity contribution is 6.30. The van der Waals surface area contributed by atoms with Gasteiger partial charge in [-0.15, -0.1) is 0 Å². The summed E-state index contributed by atoms with van der Waals surface area (Å²) in [7, 11) is 1.22. The first-order valence-corrected chi connectivity index (χ1v) is 4.71. The average molecular weight is 227 g/mol. The van der Waals surface area contributed by atoms with Gasteiger partial charge in [0.25, 0.3) is 0 Å². The second-order valence-electron chi connectivity index (χ2n) is 2.88. The molecule has 0 saturated heterocycles. The van der Waals surface area contributed by atoms with Gasteiger partial charge >= 0.3 is 5.97 Å². The Bertz CT molecular complexity index is 357. The zero-order valence-corrected chi connectivity index (χ0v) is 8.94. The van der Waals surface area contributed by atoms with Crippen LogP contribution in [-0.4, -0.2) is 24.3 Å². The van der Waals surface area contributed by atoms with E-state index in [0.717, 1.165) is 5.56 Å². The van der Waals surface area contributed by atoms with E-state index in [4.69, 9.17) is 11.6 Å². The maximum atomic E-state index is 10.8. The van der Waals surface area contributed by atoms with Crippen LogP contribution in [0.2, 0.25) is 5.02 Å². The summed E-state index contributed by atoms with van der Waals surface area (Å²) in [5.74, 6) is -0.680. The lowest BCUT2D eigenvalue weighted by Crippen LogP contribution is -2.18. The quantitative estimate of drug-likeness (QED) is 0.801. The summed E-state index contributed by atoms with van der Waals surface area (Å²) in [4.78, 5) is 10.8. The van der Waals surface area contributed by atoms with Crippen molar-refractivity contribution in [3.8, 4) is 0 Å². The van der Waals surface area contributed by atoms with Gasteiger partial charge in [-0.25, -0.2) is 4.79 Å². The van der Waals surface area contributed by atoms with E-state index >= 15 is 0 Å². The van der Waals surface area contributed by atoms with Crippen LogP contribution in [0.15, 0.2) is 30.3 Å². The van der Waals surface area contributed by atoms with Crippen molar-refractivity contribution in [1.29, 1.82) is 0 Å². The lowest BCUT2D eigenvalue weighted by molar-refractivity contribution is -0.147. The summed E-state index contributed by atoms with van der Waals surface area (Å²) in [5, 5.41) is 9.89. The molecule has 0 unspecified atom stereocenters. The number of methoxy groups -OCH3 is 1. The SMILES string of the molecule is COC(=O)[C@@H](O)C=Cc1ccc(Cl)cc1. The molecular weight excluding hydrogens is 216 g/mol. The smallest absolute Gasteiger partial charge is 0.338 e. The molecule has 0 spiro atoms. The second-order valence-corrected chi connectivity index (χ2v) is 3.32. The van der Waals surface area contributed by atoms with Crippen LogP contribution in [0.3, 0.4) is 0 Å². The fraction of sp³-hybridized carbons (Fsp3) is 0.182. The number of esters is 1. The first-order valence-electron chi connectivity index (χ1n) is 4.33. The molecule has 0 amide bonds. The van der Waals surface area contributed by atoms with E-state index in [1.54, 1.807) is 30.3 Å². The van der Waals surface area contributed by atoms with Crippen LogP contribution >= 0.6 is 11.6 Å². The van der Waals surface area contributed by atoms with Crippen LogP contribution in [0.1, 0.15) is 5.56 Å². The van der Waals surface area contributed by atoms with Gasteiger partial charge in [0.2, 0.25) is 0 Å². The number of rotatable bonds is 3. The van der Waals surface area contributed by atoms with Crippen molar-refractivity contribution < 1.29 is 14.6 Å². The van der Waals surface area contributed by atoms with Gasteiger partial charge in [0.15, 0.2) is 6.10 Å². The third-order valence-electron chi connectivity index (χ3n) is 1.78. The predicted octanol–water partition coefficient (Wildman–Crippen LogP) is 1.89. The van der Waals surface area contributed by atoms with Crippen LogP contribution in [0.4, 0.5) is 0 Å². The largest absolute Gasteiger partial charge is 0.467 e. The summed E-state index contributed by atoms with van der Waals surface area (Å²) < 4.78 is 4.36. The van der Waals surface area contributed by atoms with Crippen LogP contribution in [0, 0.1) is 0 Å². The van der Waals surface area contributed by atoms with Gasteiger partial charge in [-0.05, 0) is 23.8 Å². The van der Waals surface area contributed by atoms with Gasteiger partial charge in [-0.2, -0.15) is 0 Å². The topological polar surface area (TPSA) is 46.5 Å². The molecule has 80 valence electrons. The molecule has 0 aliphatic heterocycles. The number of halogens is 1. The molecule has 0 radical (unpaired) electrons. The third-order valence-corrected chi connectivity index (χ3v) is 2.04. The van der Waals surface area contributed by atoms with E-state index < -0.39 is 12.1 Å². The number of carbonyl (C=O) groups excluding carboxylic acids is 1. The first-order chi connectivity index (χ1) is 7.13. The number of aliphatic hydroxyl groups excluding tert-OH is 1. The molecular formula is C11H11ClO3. The zero-order valence-electron chi connectivity index (χ0n) is 8.18. The lowest BCUT2D eigenvalue weighted by Gasteiger charge is -2.01. The van der Waals surface area contributed by atoms with Gasteiger partial charge in [0.1, 0.15) is 0 Å². The van der Waals surface area contributed by atoms with Crippen LogP contribution < -0.4 is 0 Å². The van der Waals surface area contributed by atoms with Crippen molar-refractivity contribution in [3.05, 3.63) is 40.9 Å². The lowest BCUT2D eigenvalue weighted by atomic mass is 10.2. The maximum absolute atomic E-state index is 10.8. The predicted molar refractivity (Wildman–Crippen MR) is 58.5 cm³/mol. The molecule has 1 N–H and O–H groups in total. The maximum Gasteiger partial charge on any atom is 0.338 e. The Kier molecular flexibility index (Phi) is 4.34. The Morgan fingerprint density at radius 2 is 2.07 bits per heavy atom. The highest BCUT2D eigenvalue weighted by Crippen LogP contribution is 2.10. The zero-order chi connectivity index (χ0) is 11.3. The van der Waals surface area contributed by atoms with E-state index in [1.807, 2.05) is 0 Å². The molecule has 0 aliphatic carbocycles. The molecule has 0 bridgehead atoms. The highest BCUT2D eigenvalue weighted by atomic mass is 35.5. The second kappa shape index (κ2) is 5.53. The van der Waals surface area contributed by atoms with Gasteiger partial charge in [-0.1, -0.05) is 29.8 Å². The molecule has 15 heavy (non-hydrogen) atoms. The van der Waals surface area contributed by atoms with E-state index in [1.165, 1.54) is 13.2 Å². The van der Waals surface area contributed by atoms with E-state index in [-0.39, 0.29) is 0 Å². The summed E-state index contributed by atoms with van der Waals surface area (Å²) in [5.41, 5.74) is 0.849. The molecule has 1 aromatic carbocycles. The Morgan fingerprint density at radius 3 is 2.60 bits per heavy atom. The Balaban J connectivity index is 2.65. The van der Waals surface area contributed by atoms with Crippen molar-refractivity contribution in [1.82, 2.24) is 0 Å². The Hall–Kier alpha value is -1.32. The van der Waals surface area contributed by atoms with Gasteiger partial charge in [0, 0.05) is 5.02 Å². The van der Waals surface area contributed by atoms with E-state index in [0.29, 0.717) is 5.02 Å². The first kappa shape index (κ1) is 11.8. The summed E-state index contributed by atoms with van der Waals surface area (Å²) in [6, 6.07) is 7.02. The molecule has 4 heteroatoms. The summed E-state index contributed by atoms with van der Waals surface area (Å²) in [6.45, 7) is 0. The number of hydrogen-bond acceptors (Lipinski definition) is 3. The molecule has 3 nitrogen and oxygen atoms in total. The van der Waals surface area contributed by atoms with Gasteiger partial charge < -0.3 is 9.84 Å². The van der Waals surface area contributed by atoms with Crippen LogP contribution in [-0.2, 0) is 9.53 Å². The number of hydrogen-bond donors (Lipinski definition) is 1. The highest BCUT2D eigenvalue weighted by Gasteiger charge is 2.10. The normalized spacial score (nSPS) is 12.7. The minimum atomic E-state index is -1.23. The molecule has 0 aromatic heterocycles. The number of ether oxygens (including phenoxy) is 1. The third kappa shape index (κ3) is 3.73. The fourth-order valence-electron chi connectivity index (χ4n) is 0.975. The molecule has 1 aromatic rings. The molecule has 0 aliphatic rings. The molecule has 1 rings (SSSR count). The Labute approximate surface area is 92.9 Å². The minimum absolute atomic E-state index is 0.640. The van der Waals surface area contributed by atoms with Gasteiger partial charge in [-0.3, -0.25) is 0 Å². The van der Waals surface area contributed by atoms with Crippen LogP contribution in [0.25, 0.3) is 6.08 Å². The van der Waals surface area contributed by atoms with E-state index in [9.17, 15) is 9.90 Å².